The number of likely N-dealkylation sites (N-methyl/N-ethyl adjacent to an activating group) is 1. The molecule has 0 unspecified atom stereocenters. The van der Waals surface area contributed by atoms with Gasteiger partial charge in [-0.2, -0.15) is 0 Å². The highest BCUT2D eigenvalue weighted by Gasteiger charge is 2.01. The van der Waals surface area contributed by atoms with Gasteiger partial charge in [-0.25, -0.2) is 0 Å². The smallest absolute Gasteiger partial charge is 0.0234 e. The zero-order valence-electron chi connectivity index (χ0n) is 9.16. The molecule has 0 spiro atoms. The fourth-order valence-corrected chi connectivity index (χ4v) is 1.60. The van der Waals surface area contributed by atoms with Gasteiger partial charge in [-0.05, 0) is 19.0 Å². The Morgan fingerprint density at radius 2 is 2.14 bits per heavy atom. The van der Waals surface area contributed by atoms with Crippen molar-refractivity contribution in [1.29, 1.82) is 0 Å². The van der Waals surface area contributed by atoms with E-state index in [0.717, 1.165) is 26.2 Å². The van der Waals surface area contributed by atoms with Gasteiger partial charge in [0.25, 0.3) is 0 Å². The molecule has 0 bridgehead atoms. The van der Waals surface area contributed by atoms with Crippen molar-refractivity contribution in [1.82, 2.24) is 4.90 Å². The normalized spacial score (nSPS) is 10.9. The lowest BCUT2D eigenvalue weighted by molar-refractivity contribution is 0.288. The summed E-state index contributed by atoms with van der Waals surface area (Å²) in [6.45, 7) is 8.08. The third-order valence-corrected chi connectivity index (χ3v) is 2.38. The van der Waals surface area contributed by atoms with Gasteiger partial charge in [-0.1, -0.05) is 36.8 Å². The fraction of sp³-hybridized carbons (Fsp3) is 0.500. The molecule has 0 fully saturated rings. The van der Waals surface area contributed by atoms with Crippen LogP contribution in [0.1, 0.15) is 18.1 Å². The molecule has 0 amide bonds. The number of hydrogen-bond acceptors (Lipinski definition) is 2. The highest BCUT2D eigenvalue weighted by atomic mass is 15.1. The van der Waals surface area contributed by atoms with Crippen molar-refractivity contribution in [2.45, 2.75) is 20.4 Å². The highest BCUT2D eigenvalue weighted by Crippen LogP contribution is 2.06. The monoisotopic (exact) mass is 192 g/mol. The first-order valence-electron chi connectivity index (χ1n) is 5.24. The maximum atomic E-state index is 5.55. The summed E-state index contributed by atoms with van der Waals surface area (Å²) in [5, 5.41) is 0. The van der Waals surface area contributed by atoms with Crippen LogP contribution < -0.4 is 5.73 Å². The van der Waals surface area contributed by atoms with Gasteiger partial charge in [0.1, 0.15) is 0 Å². The third kappa shape index (κ3) is 3.48. The molecule has 0 aliphatic carbocycles. The molecular weight excluding hydrogens is 172 g/mol. The molecule has 0 heterocycles. The van der Waals surface area contributed by atoms with Crippen LogP contribution >= 0.6 is 0 Å². The van der Waals surface area contributed by atoms with E-state index < -0.39 is 0 Å². The molecule has 0 radical (unpaired) electrons. The van der Waals surface area contributed by atoms with Crippen LogP contribution in [0.4, 0.5) is 0 Å². The average Bonchev–Trinajstić information content (AvgIpc) is 2.17. The van der Waals surface area contributed by atoms with Crippen molar-refractivity contribution in [3.8, 4) is 0 Å². The van der Waals surface area contributed by atoms with E-state index >= 15 is 0 Å². The number of hydrogen-bond donors (Lipinski definition) is 1. The Kier molecular flexibility index (Phi) is 4.63. The maximum Gasteiger partial charge on any atom is 0.0234 e. The minimum Gasteiger partial charge on any atom is -0.329 e. The van der Waals surface area contributed by atoms with E-state index in [9.17, 15) is 0 Å². The number of nitrogens with two attached hydrogens (primary N) is 1. The summed E-state index contributed by atoms with van der Waals surface area (Å²) in [4.78, 5) is 2.36. The SMILES string of the molecule is CCN(CCN)Cc1cccc(C)c1. The molecule has 14 heavy (non-hydrogen) atoms. The van der Waals surface area contributed by atoms with Crippen LogP contribution in [-0.2, 0) is 6.54 Å². The van der Waals surface area contributed by atoms with Crippen LogP contribution in [0.15, 0.2) is 24.3 Å². The van der Waals surface area contributed by atoms with Gasteiger partial charge < -0.3 is 5.73 Å². The van der Waals surface area contributed by atoms with E-state index in [1.165, 1.54) is 11.1 Å². The summed E-state index contributed by atoms with van der Waals surface area (Å²) < 4.78 is 0. The first-order chi connectivity index (χ1) is 6.76. The lowest BCUT2D eigenvalue weighted by atomic mass is 10.1. The van der Waals surface area contributed by atoms with Gasteiger partial charge in [-0.15, -0.1) is 0 Å². The molecule has 0 aliphatic heterocycles. The first kappa shape index (κ1) is 11.2. The van der Waals surface area contributed by atoms with Crippen molar-refractivity contribution in [3.05, 3.63) is 35.4 Å². The zero-order chi connectivity index (χ0) is 10.4. The molecule has 2 heteroatoms. The standard InChI is InChI=1S/C12H20N2/c1-3-14(8-7-13)10-12-6-4-5-11(2)9-12/h4-6,9H,3,7-8,10,13H2,1-2H3. The van der Waals surface area contributed by atoms with Crippen molar-refractivity contribution < 1.29 is 0 Å². The Morgan fingerprint density at radius 3 is 2.71 bits per heavy atom. The van der Waals surface area contributed by atoms with Crippen LogP contribution in [0.25, 0.3) is 0 Å². The van der Waals surface area contributed by atoms with Gasteiger partial charge in [0.15, 0.2) is 0 Å². The zero-order valence-corrected chi connectivity index (χ0v) is 9.16. The predicted octanol–water partition coefficient (Wildman–Crippen LogP) is 1.78. The Labute approximate surface area is 86.7 Å². The van der Waals surface area contributed by atoms with Crippen molar-refractivity contribution in [3.63, 3.8) is 0 Å². The molecule has 0 saturated heterocycles. The van der Waals surface area contributed by atoms with Crippen molar-refractivity contribution >= 4 is 0 Å². The molecular formula is C12H20N2. The van der Waals surface area contributed by atoms with E-state index in [4.69, 9.17) is 5.73 Å². The van der Waals surface area contributed by atoms with E-state index in [1.807, 2.05) is 0 Å². The molecule has 78 valence electrons. The lowest BCUT2D eigenvalue weighted by Gasteiger charge is -2.19. The fourth-order valence-electron chi connectivity index (χ4n) is 1.60. The molecule has 0 aliphatic rings. The number of rotatable bonds is 5. The largest absolute Gasteiger partial charge is 0.329 e. The van der Waals surface area contributed by atoms with Crippen molar-refractivity contribution in [2.75, 3.05) is 19.6 Å². The minimum atomic E-state index is 0.736. The van der Waals surface area contributed by atoms with Gasteiger partial charge in [0.2, 0.25) is 0 Å². The molecule has 1 aromatic carbocycles. The second-order valence-electron chi connectivity index (χ2n) is 3.65. The second kappa shape index (κ2) is 5.78. The lowest BCUT2D eigenvalue weighted by Crippen LogP contribution is -2.28. The van der Waals surface area contributed by atoms with Gasteiger partial charge in [-0.3, -0.25) is 4.90 Å². The summed E-state index contributed by atoms with van der Waals surface area (Å²) in [7, 11) is 0. The Bertz CT molecular complexity index is 271. The maximum absolute atomic E-state index is 5.55. The minimum absolute atomic E-state index is 0.736. The van der Waals surface area contributed by atoms with Crippen LogP contribution in [0.2, 0.25) is 0 Å². The summed E-state index contributed by atoms with van der Waals surface area (Å²) in [5.74, 6) is 0. The molecule has 2 nitrogen and oxygen atoms in total. The number of aryl methyl sites for hydroxylation is 1. The first-order valence-corrected chi connectivity index (χ1v) is 5.24. The Hall–Kier alpha value is -0.860. The van der Waals surface area contributed by atoms with Crippen LogP contribution in [-0.4, -0.2) is 24.5 Å². The van der Waals surface area contributed by atoms with Gasteiger partial charge in [0.05, 0.1) is 0 Å². The van der Waals surface area contributed by atoms with E-state index in [-0.39, 0.29) is 0 Å². The molecule has 0 atom stereocenters. The predicted molar refractivity (Wildman–Crippen MR) is 61.2 cm³/mol. The van der Waals surface area contributed by atoms with Gasteiger partial charge in [0, 0.05) is 19.6 Å². The van der Waals surface area contributed by atoms with Crippen molar-refractivity contribution in [2.24, 2.45) is 5.73 Å². The number of nitrogens with zero attached hydrogens (tertiary/aromatic N) is 1. The third-order valence-electron chi connectivity index (χ3n) is 2.38. The second-order valence-corrected chi connectivity index (χ2v) is 3.65. The van der Waals surface area contributed by atoms with Gasteiger partial charge >= 0.3 is 0 Å². The summed E-state index contributed by atoms with van der Waals surface area (Å²) in [5.41, 5.74) is 8.25. The summed E-state index contributed by atoms with van der Waals surface area (Å²) >= 11 is 0. The molecule has 0 saturated carbocycles. The Balaban J connectivity index is 2.57. The van der Waals surface area contributed by atoms with Crippen LogP contribution in [0.5, 0.6) is 0 Å². The molecule has 1 aromatic rings. The van der Waals surface area contributed by atoms with Crippen LogP contribution in [0, 0.1) is 6.92 Å². The summed E-state index contributed by atoms with van der Waals surface area (Å²) in [6, 6.07) is 8.65. The topological polar surface area (TPSA) is 29.3 Å². The quantitative estimate of drug-likeness (QED) is 0.770. The highest BCUT2D eigenvalue weighted by molar-refractivity contribution is 5.22. The van der Waals surface area contributed by atoms with E-state index in [0.29, 0.717) is 0 Å². The van der Waals surface area contributed by atoms with Crippen LogP contribution in [0.3, 0.4) is 0 Å². The average molecular weight is 192 g/mol. The Morgan fingerprint density at radius 1 is 1.36 bits per heavy atom. The molecule has 1 rings (SSSR count). The molecule has 2 N–H and O–H groups in total. The summed E-state index contributed by atoms with van der Waals surface area (Å²) in [6.07, 6.45) is 0. The molecule has 0 aromatic heterocycles. The number of benzene rings is 1. The van der Waals surface area contributed by atoms with E-state index in [1.54, 1.807) is 0 Å². The van der Waals surface area contributed by atoms with E-state index in [2.05, 4.69) is 43.0 Å².